The van der Waals surface area contributed by atoms with Gasteiger partial charge in [0.1, 0.15) is 11.5 Å². The highest BCUT2D eigenvalue weighted by molar-refractivity contribution is 5.76. The summed E-state index contributed by atoms with van der Waals surface area (Å²) in [6.07, 6.45) is 0.406. The van der Waals surface area contributed by atoms with Crippen molar-refractivity contribution in [2.45, 2.75) is 25.9 Å². The van der Waals surface area contributed by atoms with Crippen molar-refractivity contribution >= 4 is 5.91 Å². The largest absolute Gasteiger partial charge is 0.465 e. The number of nitrogens with zero attached hydrogens (tertiary/aromatic N) is 1. The number of nitrogens with one attached hydrogen (secondary N) is 1. The molecule has 0 aromatic carbocycles. The van der Waals surface area contributed by atoms with Crippen molar-refractivity contribution in [3.8, 4) is 0 Å². The summed E-state index contributed by atoms with van der Waals surface area (Å²) in [5.74, 6) is 1.78. The minimum absolute atomic E-state index is 0.00271. The fourth-order valence-electron chi connectivity index (χ4n) is 1.68. The standard InChI is InChI=1S/C12H21N3O2/c1-9-4-5-11(17-9)8-15(3)10(7-13)6-12(16)14-2/h4-5,10H,6-8,13H2,1-3H3,(H,14,16). The second-order valence-electron chi connectivity index (χ2n) is 4.19. The lowest BCUT2D eigenvalue weighted by Crippen LogP contribution is -2.40. The molecule has 0 saturated carbocycles. The maximum Gasteiger partial charge on any atom is 0.221 e. The Hall–Kier alpha value is -1.33. The maximum absolute atomic E-state index is 11.3. The number of hydrogen-bond acceptors (Lipinski definition) is 4. The zero-order valence-electron chi connectivity index (χ0n) is 10.7. The summed E-state index contributed by atoms with van der Waals surface area (Å²) in [6.45, 7) is 3.02. The Balaban J connectivity index is 2.54. The van der Waals surface area contributed by atoms with Gasteiger partial charge in [-0.2, -0.15) is 0 Å². The first-order chi connectivity index (χ1) is 8.06. The molecule has 5 nitrogen and oxygen atoms in total. The first kappa shape index (κ1) is 13.7. The summed E-state index contributed by atoms with van der Waals surface area (Å²) in [4.78, 5) is 13.4. The number of rotatable bonds is 6. The van der Waals surface area contributed by atoms with E-state index in [1.807, 2.05) is 31.0 Å². The summed E-state index contributed by atoms with van der Waals surface area (Å²) < 4.78 is 5.50. The lowest BCUT2D eigenvalue weighted by molar-refractivity contribution is -0.121. The van der Waals surface area contributed by atoms with Crippen LogP contribution in [0.5, 0.6) is 0 Å². The molecule has 3 N–H and O–H groups in total. The molecule has 1 unspecified atom stereocenters. The third-order valence-electron chi connectivity index (χ3n) is 2.80. The minimum Gasteiger partial charge on any atom is -0.465 e. The predicted octanol–water partition coefficient (Wildman–Crippen LogP) is 0.483. The van der Waals surface area contributed by atoms with Crippen LogP contribution >= 0.6 is 0 Å². The van der Waals surface area contributed by atoms with Crippen LogP contribution in [-0.4, -0.2) is 37.5 Å². The second kappa shape index (κ2) is 6.42. The lowest BCUT2D eigenvalue weighted by atomic mass is 10.1. The fourth-order valence-corrected chi connectivity index (χ4v) is 1.68. The molecule has 0 aliphatic heterocycles. The van der Waals surface area contributed by atoms with Crippen LogP contribution in [0.3, 0.4) is 0 Å². The van der Waals surface area contributed by atoms with E-state index in [9.17, 15) is 4.79 Å². The van der Waals surface area contributed by atoms with Gasteiger partial charge >= 0.3 is 0 Å². The fraction of sp³-hybridized carbons (Fsp3) is 0.583. The molecule has 1 heterocycles. The molecule has 5 heteroatoms. The van der Waals surface area contributed by atoms with Crippen LogP contribution in [0.4, 0.5) is 0 Å². The van der Waals surface area contributed by atoms with Gasteiger partial charge in [0.15, 0.2) is 0 Å². The Morgan fingerprint density at radius 1 is 1.59 bits per heavy atom. The molecule has 0 saturated heterocycles. The van der Waals surface area contributed by atoms with E-state index in [2.05, 4.69) is 5.32 Å². The molecule has 1 aromatic rings. The van der Waals surface area contributed by atoms with Crippen molar-refractivity contribution in [2.75, 3.05) is 20.6 Å². The Morgan fingerprint density at radius 2 is 2.29 bits per heavy atom. The van der Waals surface area contributed by atoms with Gasteiger partial charge in [-0.3, -0.25) is 9.69 Å². The van der Waals surface area contributed by atoms with Crippen molar-refractivity contribution in [3.05, 3.63) is 23.7 Å². The van der Waals surface area contributed by atoms with E-state index in [0.29, 0.717) is 19.5 Å². The van der Waals surface area contributed by atoms with Crippen LogP contribution < -0.4 is 11.1 Å². The summed E-state index contributed by atoms with van der Waals surface area (Å²) in [5.41, 5.74) is 5.68. The van der Waals surface area contributed by atoms with E-state index in [1.165, 1.54) is 0 Å². The third-order valence-corrected chi connectivity index (χ3v) is 2.80. The Labute approximate surface area is 102 Å². The smallest absolute Gasteiger partial charge is 0.221 e. The quantitative estimate of drug-likeness (QED) is 0.757. The van der Waals surface area contributed by atoms with Gasteiger partial charge in [0.2, 0.25) is 5.91 Å². The third kappa shape index (κ3) is 4.20. The molecule has 0 fully saturated rings. The Bertz CT molecular complexity index is 362. The van der Waals surface area contributed by atoms with Crippen molar-refractivity contribution in [3.63, 3.8) is 0 Å². The molecule has 0 spiro atoms. The van der Waals surface area contributed by atoms with Crippen LogP contribution in [0.1, 0.15) is 17.9 Å². The van der Waals surface area contributed by atoms with Crippen LogP contribution in [0.2, 0.25) is 0 Å². The monoisotopic (exact) mass is 239 g/mol. The molecule has 17 heavy (non-hydrogen) atoms. The minimum atomic E-state index is 0.00271. The summed E-state index contributed by atoms with van der Waals surface area (Å²) >= 11 is 0. The molecular weight excluding hydrogens is 218 g/mol. The van der Waals surface area contributed by atoms with E-state index in [1.54, 1.807) is 7.05 Å². The number of amides is 1. The number of carbonyl (C=O) groups is 1. The number of aryl methyl sites for hydroxylation is 1. The molecule has 1 rings (SSSR count). The topological polar surface area (TPSA) is 71.5 Å². The highest BCUT2D eigenvalue weighted by Crippen LogP contribution is 2.11. The van der Waals surface area contributed by atoms with Crippen LogP contribution in [0, 0.1) is 6.92 Å². The van der Waals surface area contributed by atoms with Crippen LogP contribution in [0.25, 0.3) is 0 Å². The molecule has 0 aliphatic carbocycles. The Kier molecular flexibility index (Phi) is 5.18. The van der Waals surface area contributed by atoms with Gasteiger partial charge < -0.3 is 15.5 Å². The van der Waals surface area contributed by atoms with Crippen molar-refractivity contribution in [1.29, 1.82) is 0 Å². The summed E-state index contributed by atoms with van der Waals surface area (Å²) in [5, 5.41) is 2.61. The second-order valence-corrected chi connectivity index (χ2v) is 4.19. The van der Waals surface area contributed by atoms with Crippen LogP contribution in [0.15, 0.2) is 16.5 Å². The van der Waals surface area contributed by atoms with Crippen molar-refractivity contribution in [2.24, 2.45) is 5.73 Å². The zero-order chi connectivity index (χ0) is 12.8. The normalized spacial score (nSPS) is 12.8. The van der Waals surface area contributed by atoms with Gasteiger partial charge in [-0.1, -0.05) is 0 Å². The molecular formula is C12H21N3O2. The van der Waals surface area contributed by atoms with E-state index >= 15 is 0 Å². The SMILES string of the molecule is CNC(=O)CC(CN)N(C)Cc1ccc(C)o1. The van der Waals surface area contributed by atoms with Crippen molar-refractivity contribution < 1.29 is 9.21 Å². The maximum atomic E-state index is 11.3. The van der Waals surface area contributed by atoms with Gasteiger partial charge in [0.05, 0.1) is 6.54 Å². The molecule has 1 aromatic heterocycles. The first-order valence-electron chi connectivity index (χ1n) is 5.73. The molecule has 96 valence electrons. The molecule has 0 bridgehead atoms. The molecule has 0 radical (unpaired) electrons. The van der Waals surface area contributed by atoms with E-state index < -0.39 is 0 Å². The lowest BCUT2D eigenvalue weighted by Gasteiger charge is -2.25. The van der Waals surface area contributed by atoms with Gasteiger partial charge in [0.25, 0.3) is 0 Å². The summed E-state index contributed by atoms with van der Waals surface area (Å²) in [6, 6.07) is 3.90. The Morgan fingerprint density at radius 3 is 2.76 bits per heavy atom. The number of furan rings is 1. The van der Waals surface area contributed by atoms with Gasteiger partial charge in [-0.25, -0.2) is 0 Å². The number of hydrogen-bond donors (Lipinski definition) is 2. The van der Waals surface area contributed by atoms with E-state index in [4.69, 9.17) is 10.2 Å². The molecule has 1 amide bonds. The zero-order valence-corrected chi connectivity index (χ0v) is 10.7. The van der Waals surface area contributed by atoms with Gasteiger partial charge in [-0.15, -0.1) is 0 Å². The average Bonchev–Trinajstić information content (AvgIpc) is 2.70. The molecule has 0 aliphatic rings. The van der Waals surface area contributed by atoms with E-state index in [-0.39, 0.29) is 11.9 Å². The average molecular weight is 239 g/mol. The van der Waals surface area contributed by atoms with Gasteiger partial charge in [0, 0.05) is 26.1 Å². The number of carbonyl (C=O) groups excluding carboxylic acids is 1. The number of likely N-dealkylation sites (N-methyl/N-ethyl adjacent to an activating group) is 1. The predicted molar refractivity (Wildman–Crippen MR) is 66.4 cm³/mol. The number of nitrogens with two attached hydrogens (primary N) is 1. The highest BCUT2D eigenvalue weighted by Gasteiger charge is 2.17. The summed E-state index contributed by atoms with van der Waals surface area (Å²) in [7, 11) is 3.57. The van der Waals surface area contributed by atoms with E-state index in [0.717, 1.165) is 11.5 Å². The van der Waals surface area contributed by atoms with Crippen molar-refractivity contribution in [1.82, 2.24) is 10.2 Å². The van der Waals surface area contributed by atoms with Gasteiger partial charge in [-0.05, 0) is 26.1 Å². The highest BCUT2D eigenvalue weighted by atomic mass is 16.3. The molecule has 1 atom stereocenters. The first-order valence-corrected chi connectivity index (χ1v) is 5.73. The van der Waals surface area contributed by atoms with Crippen LogP contribution in [-0.2, 0) is 11.3 Å².